The molecule has 0 saturated heterocycles. The fraction of sp³-hybridized carbons (Fsp3) is 0.440. The minimum Gasteiger partial charge on any atom is -0.475 e. The average Bonchev–Trinajstić information content (AvgIpc) is 3.36. The van der Waals surface area contributed by atoms with Crippen molar-refractivity contribution < 1.29 is 9.26 Å². The van der Waals surface area contributed by atoms with E-state index in [1.54, 1.807) is 23.2 Å². The van der Waals surface area contributed by atoms with Gasteiger partial charge in [-0.3, -0.25) is 14.0 Å². The number of nitrogens with zero attached hydrogens (tertiary/aromatic N) is 6. The van der Waals surface area contributed by atoms with Crippen molar-refractivity contribution in [2.24, 2.45) is 19.1 Å². The van der Waals surface area contributed by atoms with Crippen molar-refractivity contribution in [2.75, 3.05) is 13.2 Å². The molecule has 0 aliphatic carbocycles. The highest BCUT2D eigenvalue weighted by Gasteiger charge is 2.26. The predicted molar refractivity (Wildman–Crippen MR) is 124 cm³/mol. The van der Waals surface area contributed by atoms with Crippen molar-refractivity contribution in [1.29, 1.82) is 5.26 Å². The third kappa shape index (κ3) is 3.78. The van der Waals surface area contributed by atoms with Crippen LogP contribution in [-0.2, 0) is 40.0 Å². The molecule has 2 aromatic heterocycles. The second-order valence-corrected chi connectivity index (χ2v) is 8.75. The van der Waals surface area contributed by atoms with Gasteiger partial charge in [0.1, 0.15) is 17.4 Å². The highest BCUT2D eigenvalue weighted by Crippen LogP contribution is 2.30. The van der Waals surface area contributed by atoms with Gasteiger partial charge in [-0.25, -0.2) is 9.79 Å². The summed E-state index contributed by atoms with van der Waals surface area (Å²) in [7, 11) is 3.49. The summed E-state index contributed by atoms with van der Waals surface area (Å²) in [6, 6.07) is 10.4. The van der Waals surface area contributed by atoms with Gasteiger partial charge in [-0.2, -0.15) is 5.26 Å². The molecular weight excluding hydrogens is 432 g/mol. The van der Waals surface area contributed by atoms with Crippen LogP contribution in [0.4, 0.5) is 5.82 Å². The summed E-state index contributed by atoms with van der Waals surface area (Å²) in [4.78, 5) is 19.4. The summed E-state index contributed by atoms with van der Waals surface area (Å²) < 4.78 is 14.4. The van der Waals surface area contributed by atoms with Gasteiger partial charge in [-0.05, 0) is 36.6 Å². The van der Waals surface area contributed by atoms with E-state index >= 15 is 0 Å². The van der Waals surface area contributed by atoms with E-state index < -0.39 is 0 Å². The van der Waals surface area contributed by atoms with Crippen LogP contribution in [0.1, 0.15) is 53.5 Å². The van der Waals surface area contributed by atoms with E-state index in [0.717, 1.165) is 53.2 Å². The SMILES string of the molecule is CCCOc1noc2c1CN(Cc1c#cc(C#N)c(C3=Nc4c(n(C)c(=O)n4C)CC3)c1)CC2. The van der Waals surface area contributed by atoms with Gasteiger partial charge in [0.15, 0.2) is 5.82 Å². The van der Waals surface area contributed by atoms with Crippen LogP contribution >= 0.6 is 0 Å². The second-order valence-electron chi connectivity index (χ2n) is 8.75. The molecule has 174 valence electrons. The zero-order valence-electron chi connectivity index (χ0n) is 19.6. The van der Waals surface area contributed by atoms with E-state index in [1.165, 1.54) is 0 Å². The van der Waals surface area contributed by atoms with Gasteiger partial charge in [0.25, 0.3) is 5.88 Å². The summed E-state index contributed by atoms with van der Waals surface area (Å²) in [5, 5.41) is 13.8. The average molecular weight is 459 g/mol. The molecule has 0 N–H and O–H groups in total. The molecule has 0 spiro atoms. The Morgan fingerprint density at radius 2 is 2.09 bits per heavy atom. The Hall–Kier alpha value is -3.82. The smallest absolute Gasteiger partial charge is 0.329 e. The van der Waals surface area contributed by atoms with Crippen LogP contribution in [0.5, 0.6) is 5.88 Å². The Kier molecular flexibility index (Phi) is 5.72. The van der Waals surface area contributed by atoms with Crippen LogP contribution in [0.25, 0.3) is 0 Å². The maximum absolute atomic E-state index is 12.3. The molecule has 5 rings (SSSR count). The maximum atomic E-state index is 12.3. The third-order valence-corrected chi connectivity index (χ3v) is 6.46. The number of hydrogen-bond acceptors (Lipinski definition) is 7. The van der Waals surface area contributed by atoms with Gasteiger partial charge in [0.2, 0.25) is 0 Å². The summed E-state index contributed by atoms with van der Waals surface area (Å²) in [6.07, 6.45) is 3.03. The molecule has 4 heterocycles. The molecule has 2 aliphatic rings. The maximum Gasteiger partial charge on any atom is 0.329 e. The first-order valence-electron chi connectivity index (χ1n) is 11.5. The lowest BCUT2D eigenvalue weighted by Gasteiger charge is -2.25. The molecule has 0 atom stereocenters. The Morgan fingerprint density at radius 3 is 2.88 bits per heavy atom. The molecule has 0 saturated carbocycles. The minimum absolute atomic E-state index is 0.0929. The van der Waals surface area contributed by atoms with Gasteiger partial charge in [-0.1, -0.05) is 13.0 Å². The monoisotopic (exact) mass is 458 g/mol. The normalized spacial score (nSPS) is 15.2. The van der Waals surface area contributed by atoms with E-state index in [2.05, 4.69) is 35.2 Å². The van der Waals surface area contributed by atoms with Gasteiger partial charge in [-0.15, -0.1) is 0 Å². The van der Waals surface area contributed by atoms with Crippen LogP contribution in [0, 0.1) is 23.5 Å². The summed E-state index contributed by atoms with van der Waals surface area (Å²) in [5.41, 5.74) is 4.74. The van der Waals surface area contributed by atoms with Crippen molar-refractivity contribution in [2.45, 2.75) is 45.7 Å². The molecule has 0 fully saturated rings. The number of hydrogen-bond donors (Lipinski definition) is 0. The predicted octanol–water partition coefficient (Wildman–Crippen LogP) is 2.60. The minimum atomic E-state index is -0.0929. The van der Waals surface area contributed by atoms with Gasteiger partial charge < -0.3 is 9.26 Å². The second kappa shape index (κ2) is 8.85. The highest BCUT2D eigenvalue weighted by atomic mass is 16.5. The molecule has 2 aliphatic heterocycles. The first-order valence-corrected chi connectivity index (χ1v) is 11.5. The van der Waals surface area contributed by atoms with Crippen LogP contribution in [0.3, 0.4) is 0 Å². The zero-order chi connectivity index (χ0) is 23.8. The molecular formula is C25H26N6O3. The fourth-order valence-corrected chi connectivity index (χ4v) is 4.63. The molecule has 1 aromatic carbocycles. The first kappa shape index (κ1) is 22.0. The van der Waals surface area contributed by atoms with Crippen molar-refractivity contribution in [1.82, 2.24) is 19.2 Å². The van der Waals surface area contributed by atoms with Crippen molar-refractivity contribution >= 4 is 11.5 Å². The molecule has 9 nitrogen and oxygen atoms in total. The fourth-order valence-electron chi connectivity index (χ4n) is 4.63. The lowest BCUT2D eigenvalue weighted by atomic mass is 9.97. The number of rotatable bonds is 6. The molecule has 0 unspecified atom stereocenters. The van der Waals surface area contributed by atoms with Crippen LogP contribution in [0.15, 0.2) is 20.4 Å². The Morgan fingerprint density at radius 1 is 1.24 bits per heavy atom. The lowest BCUT2D eigenvalue weighted by Crippen LogP contribution is -2.29. The topological polar surface area (TPSA) is 102 Å². The number of imidazole rings is 1. The molecule has 3 aromatic rings. The largest absolute Gasteiger partial charge is 0.475 e. The van der Waals surface area contributed by atoms with E-state index in [4.69, 9.17) is 14.3 Å². The number of aromatic nitrogens is 3. The summed E-state index contributed by atoms with van der Waals surface area (Å²) in [6.45, 7) is 4.82. The standard InChI is InChI=1S/C25H26N6O3/c1-4-11-33-24-19-15-31(10-9-22(19)34-28-24)14-16-5-6-17(13-26)18(12-16)20-7-8-21-23(27-20)30(3)25(32)29(21)2/h12H,4,7-11,14-15H2,1-3H3. The Labute approximate surface area is 197 Å². The molecule has 9 heteroatoms. The quantitative estimate of drug-likeness (QED) is 0.563. The van der Waals surface area contributed by atoms with Crippen molar-refractivity contribution in [3.8, 4) is 11.9 Å². The Bertz CT molecular complexity index is 1370. The summed E-state index contributed by atoms with van der Waals surface area (Å²) >= 11 is 0. The number of aliphatic imine (C=N–C) groups is 1. The molecule has 0 amide bonds. The van der Waals surface area contributed by atoms with E-state index in [0.29, 0.717) is 49.8 Å². The highest BCUT2D eigenvalue weighted by molar-refractivity contribution is 6.04. The van der Waals surface area contributed by atoms with Crippen LogP contribution in [0.2, 0.25) is 0 Å². The van der Waals surface area contributed by atoms with Crippen LogP contribution in [-0.4, -0.2) is 38.1 Å². The molecule has 0 radical (unpaired) electrons. The molecule has 0 bridgehead atoms. The summed E-state index contributed by atoms with van der Waals surface area (Å²) in [5.74, 6) is 2.13. The van der Waals surface area contributed by atoms with E-state index in [-0.39, 0.29) is 5.69 Å². The van der Waals surface area contributed by atoms with E-state index in [9.17, 15) is 10.1 Å². The number of ether oxygens (including phenoxy) is 1. The van der Waals surface area contributed by atoms with Gasteiger partial charge in [0.05, 0.1) is 23.6 Å². The van der Waals surface area contributed by atoms with E-state index in [1.807, 2.05) is 6.07 Å². The van der Waals surface area contributed by atoms with Gasteiger partial charge in [0, 0.05) is 51.3 Å². The van der Waals surface area contributed by atoms with Crippen molar-refractivity contribution in [3.05, 3.63) is 62.4 Å². The van der Waals surface area contributed by atoms with Gasteiger partial charge >= 0.3 is 5.69 Å². The van der Waals surface area contributed by atoms with Crippen LogP contribution < -0.4 is 10.4 Å². The van der Waals surface area contributed by atoms with Crippen molar-refractivity contribution in [3.63, 3.8) is 0 Å². The lowest BCUT2D eigenvalue weighted by molar-refractivity contribution is 0.227. The zero-order valence-corrected chi connectivity index (χ0v) is 19.6. The number of fused-ring (bicyclic) bond motifs is 2. The molecule has 34 heavy (non-hydrogen) atoms. The third-order valence-electron chi connectivity index (χ3n) is 6.46. The number of nitriles is 1. The Balaban J connectivity index is 1.41. The first-order chi connectivity index (χ1) is 16.5.